The summed E-state index contributed by atoms with van der Waals surface area (Å²) in [6.07, 6.45) is 3.22. The summed E-state index contributed by atoms with van der Waals surface area (Å²) in [6.45, 7) is -0.289. The molecule has 4 unspecified atom stereocenters. The second kappa shape index (κ2) is 11.4. The number of aliphatic hydroxyl groups excluding tert-OH is 1. The molecule has 9 heteroatoms. The van der Waals surface area contributed by atoms with Crippen molar-refractivity contribution in [3.8, 4) is 5.75 Å². The van der Waals surface area contributed by atoms with Crippen LogP contribution in [0.3, 0.4) is 0 Å². The molecule has 0 bridgehead atoms. The average Bonchev–Trinajstić information content (AvgIpc) is 3.10. The third kappa shape index (κ3) is 6.04. The Bertz CT molecular complexity index is 816. The first kappa shape index (κ1) is 24.1. The zero-order valence-corrected chi connectivity index (χ0v) is 18.4. The SMILES string of the molecule is CNC(O)CCC1C2Cc3cccc(OCC(=O)O)c3CC2C[C@H]1OC(=O)CCCN=O. The van der Waals surface area contributed by atoms with Gasteiger partial charge in [-0.3, -0.25) is 10.1 Å². The number of aliphatic carboxylic acids is 1. The van der Waals surface area contributed by atoms with Gasteiger partial charge in [0.2, 0.25) is 0 Å². The third-order valence-corrected chi connectivity index (χ3v) is 6.69. The van der Waals surface area contributed by atoms with E-state index in [-0.39, 0.29) is 43.5 Å². The first-order chi connectivity index (χ1) is 15.4. The maximum Gasteiger partial charge on any atom is 0.341 e. The molecule has 3 rings (SSSR count). The van der Waals surface area contributed by atoms with Crippen LogP contribution in [0, 0.1) is 22.7 Å². The van der Waals surface area contributed by atoms with Crippen molar-refractivity contribution >= 4 is 11.9 Å². The fraction of sp³-hybridized carbons (Fsp3) is 0.652. The van der Waals surface area contributed by atoms with Crippen LogP contribution in [-0.4, -0.2) is 54.7 Å². The van der Waals surface area contributed by atoms with E-state index >= 15 is 0 Å². The van der Waals surface area contributed by atoms with E-state index in [1.54, 1.807) is 13.1 Å². The lowest BCUT2D eigenvalue weighted by Gasteiger charge is -2.32. The van der Waals surface area contributed by atoms with E-state index in [1.807, 2.05) is 12.1 Å². The van der Waals surface area contributed by atoms with Gasteiger partial charge in [0.1, 0.15) is 18.1 Å². The van der Waals surface area contributed by atoms with E-state index in [1.165, 1.54) is 0 Å². The van der Waals surface area contributed by atoms with Gasteiger partial charge in [0.25, 0.3) is 0 Å². The summed E-state index contributed by atoms with van der Waals surface area (Å²) < 4.78 is 11.4. The van der Waals surface area contributed by atoms with Crippen LogP contribution in [0.2, 0.25) is 0 Å². The average molecular weight is 449 g/mol. The largest absolute Gasteiger partial charge is 0.482 e. The first-order valence-electron chi connectivity index (χ1n) is 11.2. The summed E-state index contributed by atoms with van der Waals surface area (Å²) in [7, 11) is 1.70. The van der Waals surface area contributed by atoms with E-state index in [2.05, 4.69) is 10.5 Å². The number of nitroso groups, excluding NO2 is 1. The van der Waals surface area contributed by atoms with Crippen LogP contribution in [0.25, 0.3) is 0 Å². The zero-order chi connectivity index (χ0) is 23.1. The minimum Gasteiger partial charge on any atom is -0.482 e. The van der Waals surface area contributed by atoms with Gasteiger partial charge in [-0.25, -0.2) is 4.79 Å². The van der Waals surface area contributed by atoms with Gasteiger partial charge in [0, 0.05) is 6.42 Å². The van der Waals surface area contributed by atoms with Crippen LogP contribution in [0.4, 0.5) is 0 Å². The number of hydrogen-bond acceptors (Lipinski definition) is 8. The molecule has 0 saturated heterocycles. The number of rotatable bonds is 12. The Hall–Kier alpha value is -2.52. The number of benzene rings is 1. The molecule has 0 aromatic heterocycles. The Kier molecular flexibility index (Phi) is 8.58. The summed E-state index contributed by atoms with van der Waals surface area (Å²) in [5.41, 5.74) is 2.17. The van der Waals surface area contributed by atoms with Gasteiger partial charge in [-0.2, -0.15) is 4.91 Å². The molecule has 0 aliphatic heterocycles. The highest BCUT2D eigenvalue weighted by molar-refractivity contribution is 5.69. The Morgan fingerprint density at radius 2 is 2.12 bits per heavy atom. The van der Waals surface area contributed by atoms with Crippen molar-refractivity contribution in [1.29, 1.82) is 0 Å². The van der Waals surface area contributed by atoms with Crippen molar-refractivity contribution < 1.29 is 29.3 Å². The fourth-order valence-corrected chi connectivity index (χ4v) is 5.20. The highest BCUT2D eigenvalue weighted by atomic mass is 16.5. The summed E-state index contributed by atoms with van der Waals surface area (Å²) in [6, 6.07) is 5.73. The minimum atomic E-state index is -1.02. The number of aliphatic hydroxyl groups is 1. The van der Waals surface area contributed by atoms with Crippen LogP contribution in [-0.2, 0) is 27.2 Å². The van der Waals surface area contributed by atoms with Gasteiger partial charge >= 0.3 is 11.9 Å². The van der Waals surface area contributed by atoms with Gasteiger partial charge in [0.15, 0.2) is 6.61 Å². The quantitative estimate of drug-likeness (QED) is 0.192. The summed E-state index contributed by atoms with van der Waals surface area (Å²) in [4.78, 5) is 33.5. The normalized spacial score (nSPS) is 24.8. The smallest absolute Gasteiger partial charge is 0.341 e. The molecule has 1 aromatic carbocycles. The Balaban J connectivity index is 1.75. The molecule has 9 nitrogen and oxygen atoms in total. The molecule has 5 atom stereocenters. The van der Waals surface area contributed by atoms with Crippen molar-refractivity contribution in [1.82, 2.24) is 5.32 Å². The van der Waals surface area contributed by atoms with Crippen molar-refractivity contribution in [3.63, 3.8) is 0 Å². The van der Waals surface area contributed by atoms with Gasteiger partial charge in [0.05, 0.1) is 6.54 Å². The van der Waals surface area contributed by atoms with Crippen molar-refractivity contribution in [2.75, 3.05) is 20.2 Å². The number of carbonyl (C=O) groups excluding carboxylic acids is 1. The monoisotopic (exact) mass is 448 g/mol. The van der Waals surface area contributed by atoms with E-state index in [0.717, 1.165) is 36.8 Å². The lowest BCUT2D eigenvalue weighted by molar-refractivity contribution is -0.151. The molecule has 0 heterocycles. The van der Waals surface area contributed by atoms with Crippen LogP contribution >= 0.6 is 0 Å². The number of hydrogen-bond donors (Lipinski definition) is 3. The summed E-state index contributed by atoms with van der Waals surface area (Å²) in [5, 5.41) is 24.6. The number of carbonyl (C=O) groups is 2. The van der Waals surface area contributed by atoms with E-state index in [4.69, 9.17) is 14.6 Å². The highest BCUT2D eigenvalue weighted by Crippen LogP contribution is 2.49. The van der Waals surface area contributed by atoms with Crippen LogP contribution in [0.15, 0.2) is 23.4 Å². The fourth-order valence-electron chi connectivity index (χ4n) is 5.20. The Labute approximate surface area is 187 Å². The predicted octanol–water partition coefficient (Wildman–Crippen LogP) is 2.28. The number of fused-ring (bicyclic) bond motifs is 2. The van der Waals surface area contributed by atoms with Gasteiger partial charge in [-0.05, 0) is 80.5 Å². The van der Waals surface area contributed by atoms with E-state index in [0.29, 0.717) is 24.5 Å². The standard InChI is InChI=1S/C23H32N2O7/c1-24-21(26)8-7-16-17-10-14-4-2-5-19(31-13-22(27)28)18(14)11-15(17)12-20(16)32-23(29)6-3-9-25-30/h2,4-5,15-17,20-21,24,26H,3,6-13H2,1H3,(H,27,28)/t15?,16?,17?,20-,21?/m1/s1. The summed E-state index contributed by atoms with van der Waals surface area (Å²) >= 11 is 0. The van der Waals surface area contributed by atoms with E-state index in [9.17, 15) is 19.6 Å². The zero-order valence-electron chi connectivity index (χ0n) is 18.4. The molecular weight excluding hydrogens is 416 g/mol. The second-order valence-electron chi connectivity index (χ2n) is 8.67. The van der Waals surface area contributed by atoms with E-state index < -0.39 is 12.2 Å². The Morgan fingerprint density at radius 1 is 1.31 bits per heavy atom. The summed E-state index contributed by atoms with van der Waals surface area (Å²) in [5.74, 6) is -0.0318. The number of ether oxygens (including phenoxy) is 2. The number of carboxylic acids is 1. The molecule has 2 aliphatic rings. The molecule has 176 valence electrons. The van der Waals surface area contributed by atoms with Crippen LogP contribution in [0.5, 0.6) is 5.75 Å². The van der Waals surface area contributed by atoms with Gasteiger partial charge in [-0.15, -0.1) is 0 Å². The molecule has 32 heavy (non-hydrogen) atoms. The lowest BCUT2D eigenvalue weighted by Crippen LogP contribution is -2.31. The molecule has 1 saturated carbocycles. The minimum absolute atomic E-state index is 0.0945. The maximum absolute atomic E-state index is 12.3. The van der Waals surface area contributed by atoms with Crippen molar-refractivity contribution in [2.45, 2.75) is 57.3 Å². The third-order valence-electron chi connectivity index (χ3n) is 6.69. The maximum atomic E-state index is 12.3. The Morgan fingerprint density at radius 3 is 2.84 bits per heavy atom. The highest BCUT2D eigenvalue weighted by Gasteiger charge is 2.47. The lowest BCUT2D eigenvalue weighted by atomic mass is 9.73. The second-order valence-corrected chi connectivity index (χ2v) is 8.67. The van der Waals surface area contributed by atoms with Gasteiger partial charge < -0.3 is 19.7 Å². The number of nitrogens with zero attached hydrogens (tertiary/aromatic N) is 1. The molecular formula is C23H32N2O7. The molecule has 0 spiro atoms. The van der Waals surface area contributed by atoms with Crippen LogP contribution in [0.1, 0.15) is 43.2 Å². The first-order valence-corrected chi connectivity index (χ1v) is 11.2. The molecule has 0 radical (unpaired) electrons. The molecule has 1 fully saturated rings. The molecule has 2 aliphatic carbocycles. The topological polar surface area (TPSA) is 135 Å². The van der Waals surface area contributed by atoms with Crippen LogP contribution < -0.4 is 10.1 Å². The number of esters is 1. The van der Waals surface area contributed by atoms with Crippen molar-refractivity contribution in [3.05, 3.63) is 34.2 Å². The molecule has 0 amide bonds. The predicted molar refractivity (Wildman–Crippen MR) is 116 cm³/mol. The number of nitrogens with one attached hydrogen (secondary N) is 1. The number of carboxylic acid groups (broad SMARTS) is 1. The molecule has 1 aromatic rings. The van der Waals surface area contributed by atoms with Gasteiger partial charge in [-0.1, -0.05) is 17.3 Å². The molecule has 3 N–H and O–H groups in total. The van der Waals surface area contributed by atoms with Crippen molar-refractivity contribution in [2.24, 2.45) is 22.9 Å².